The number of amides is 4. The van der Waals surface area contributed by atoms with Crippen molar-refractivity contribution in [1.29, 1.82) is 0 Å². The Labute approximate surface area is 183 Å². The molecular formula is C16H18N6O7S2. The summed E-state index contributed by atoms with van der Waals surface area (Å²) in [6, 6.07) is -3.29. The molecule has 2 aliphatic rings. The van der Waals surface area contributed by atoms with Crippen LogP contribution in [-0.2, 0) is 23.9 Å². The van der Waals surface area contributed by atoms with E-state index >= 15 is 0 Å². The zero-order chi connectivity index (χ0) is 22.9. The molecule has 2 aliphatic heterocycles. The largest absolute Gasteiger partial charge is 0.477 e. The maximum Gasteiger partial charge on any atom is 0.352 e. The number of urea groups is 1. The van der Waals surface area contributed by atoms with Gasteiger partial charge in [-0.1, -0.05) is 0 Å². The lowest BCUT2D eigenvalue weighted by molar-refractivity contribution is -0.151. The summed E-state index contributed by atoms with van der Waals surface area (Å²) in [4.78, 5) is 64.5. The fourth-order valence-electron chi connectivity index (χ4n) is 3.07. The number of thioether (sulfide) groups is 1. The van der Waals surface area contributed by atoms with Crippen LogP contribution in [0.5, 0.6) is 0 Å². The van der Waals surface area contributed by atoms with Gasteiger partial charge in [0.2, 0.25) is 5.91 Å². The van der Waals surface area contributed by atoms with Crippen molar-refractivity contribution < 1.29 is 33.8 Å². The van der Waals surface area contributed by atoms with Crippen molar-refractivity contribution in [3.8, 4) is 0 Å². The smallest absolute Gasteiger partial charge is 0.352 e. The number of nitrogens with zero attached hydrogens (tertiary/aromatic N) is 2. The Hall–Kier alpha value is -3.33. The van der Waals surface area contributed by atoms with E-state index in [1.54, 1.807) is 0 Å². The number of carbonyl (C=O) groups excluding carboxylic acids is 4. The zero-order valence-electron chi connectivity index (χ0n) is 16.0. The molecule has 1 aromatic heterocycles. The lowest BCUT2D eigenvalue weighted by Crippen LogP contribution is -2.71. The Morgan fingerprint density at radius 1 is 1.42 bits per heavy atom. The molecule has 1 fully saturated rings. The summed E-state index contributed by atoms with van der Waals surface area (Å²) in [6.45, 7) is 0.931. The minimum atomic E-state index is -1.35. The molecule has 3 atom stereocenters. The number of aromatic nitrogens is 1. The number of nitrogens with one attached hydrogen (secondary N) is 2. The summed E-state index contributed by atoms with van der Waals surface area (Å²) in [7, 11) is 0. The average molecular weight is 470 g/mol. The number of primary amides is 1. The van der Waals surface area contributed by atoms with Gasteiger partial charge < -0.3 is 31.9 Å². The number of β-lactam (4-membered cyclic amide) rings is 1. The van der Waals surface area contributed by atoms with Gasteiger partial charge in [-0.25, -0.2) is 14.6 Å². The molecule has 1 saturated heterocycles. The molecule has 166 valence electrons. The number of thiazole rings is 1. The highest BCUT2D eigenvalue weighted by Crippen LogP contribution is 2.40. The fourth-order valence-corrected chi connectivity index (χ4v) is 4.98. The van der Waals surface area contributed by atoms with Crippen LogP contribution in [0.1, 0.15) is 18.7 Å². The van der Waals surface area contributed by atoms with Crippen molar-refractivity contribution in [2.75, 3.05) is 18.1 Å². The molecule has 0 spiro atoms. The first-order chi connectivity index (χ1) is 14.6. The number of hydrogen-bond acceptors (Lipinski definition) is 10. The Morgan fingerprint density at radius 3 is 2.68 bits per heavy atom. The van der Waals surface area contributed by atoms with Crippen LogP contribution in [0.15, 0.2) is 16.7 Å². The molecule has 13 nitrogen and oxygen atoms in total. The number of rotatable bonds is 7. The summed E-state index contributed by atoms with van der Waals surface area (Å²) in [6.07, 6.45) is 0. The number of fused-ring (bicyclic) bond motifs is 1. The Bertz CT molecular complexity index is 993. The number of aliphatic carboxylic acids is 1. The van der Waals surface area contributed by atoms with Gasteiger partial charge in [-0.3, -0.25) is 19.3 Å². The minimum absolute atomic E-state index is 0.147. The molecular weight excluding hydrogens is 452 g/mol. The molecule has 0 aliphatic carbocycles. The maximum absolute atomic E-state index is 12.7. The topological polar surface area (TPSA) is 207 Å². The summed E-state index contributed by atoms with van der Waals surface area (Å²) < 4.78 is 4.87. The van der Waals surface area contributed by atoms with Crippen LogP contribution in [-0.4, -0.2) is 68.5 Å². The van der Waals surface area contributed by atoms with Gasteiger partial charge in [0.25, 0.3) is 5.91 Å². The molecule has 4 amide bonds. The maximum atomic E-state index is 12.7. The second kappa shape index (κ2) is 8.81. The van der Waals surface area contributed by atoms with Crippen LogP contribution in [0.4, 0.5) is 9.93 Å². The van der Waals surface area contributed by atoms with E-state index in [1.807, 2.05) is 0 Å². The number of carbonyl (C=O) groups is 5. The van der Waals surface area contributed by atoms with Crippen LogP contribution in [0.2, 0.25) is 0 Å². The number of anilines is 1. The number of esters is 1. The van der Waals surface area contributed by atoms with Crippen LogP contribution >= 0.6 is 23.1 Å². The molecule has 0 radical (unpaired) electrons. The van der Waals surface area contributed by atoms with E-state index in [-0.39, 0.29) is 34.5 Å². The monoisotopic (exact) mass is 470 g/mol. The summed E-state index contributed by atoms with van der Waals surface area (Å²) in [5, 5.41) is 15.3. The molecule has 15 heteroatoms. The molecule has 7 N–H and O–H groups in total. The van der Waals surface area contributed by atoms with Gasteiger partial charge in [-0.15, -0.1) is 23.1 Å². The van der Waals surface area contributed by atoms with E-state index in [9.17, 15) is 29.1 Å². The minimum Gasteiger partial charge on any atom is -0.477 e. The third-order valence-electron chi connectivity index (χ3n) is 4.38. The third kappa shape index (κ3) is 4.56. The van der Waals surface area contributed by atoms with E-state index in [0.717, 1.165) is 16.2 Å². The van der Waals surface area contributed by atoms with Gasteiger partial charge in [0.1, 0.15) is 23.7 Å². The lowest BCUT2D eigenvalue weighted by atomic mass is 10.0. The van der Waals surface area contributed by atoms with Crippen molar-refractivity contribution in [3.63, 3.8) is 0 Å². The summed E-state index contributed by atoms with van der Waals surface area (Å²) >= 11 is 2.26. The zero-order valence-corrected chi connectivity index (χ0v) is 17.6. The van der Waals surface area contributed by atoms with Gasteiger partial charge in [0, 0.05) is 23.6 Å². The second-order valence-corrected chi connectivity index (χ2v) is 8.48. The number of nitrogens with two attached hydrogens (primary N) is 2. The van der Waals surface area contributed by atoms with Crippen molar-refractivity contribution >= 4 is 58.0 Å². The molecule has 3 heterocycles. The fraction of sp³-hybridized carbons (Fsp3) is 0.375. The molecule has 31 heavy (non-hydrogen) atoms. The first-order valence-electron chi connectivity index (χ1n) is 8.70. The van der Waals surface area contributed by atoms with Gasteiger partial charge in [0.15, 0.2) is 11.2 Å². The summed E-state index contributed by atoms with van der Waals surface area (Å²) in [5.41, 5.74) is 10.8. The Balaban J connectivity index is 1.77. The normalized spacial score (nSPS) is 20.9. The van der Waals surface area contributed by atoms with Crippen LogP contribution in [0.25, 0.3) is 0 Å². The molecule has 0 saturated carbocycles. The highest BCUT2D eigenvalue weighted by molar-refractivity contribution is 8.00. The Morgan fingerprint density at radius 2 is 2.13 bits per heavy atom. The first-order valence-corrected chi connectivity index (χ1v) is 10.6. The van der Waals surface area contributed by atoms with E-state index in [1.165, 1.54) is 24.1 Å². The number of hydrogen-bond donors (Lipinski definition) is 5. The second-order valence-electron chi connectivity index (χ2n) is 6.49. The quantitative estimate of drug-likeness (QED) is 0.236. The standard InChI is InChI=1S/C16H18N6O7S2/c1-5(23)29-2-6-3-30-13-9(12(25)22(13)10(6)14(26)27)20-11(24)8(21-15(17)28)7-4-31-16(18)19-7/h4,8-9,13H,2-3H2,1H3,(H2,18,19)(H,20,24)(H,26,27)(H3,17,21,28)/t8?,9-,13-/m0/s1. The van der Waals surface area contributed by atoms with Gasteiger partial charge >= 0.3 is 18.0 Å². The van der Waals surface area contributed by atoms with Gasteiger partial charge in [-0.05, 0) is 0 Å². The number of carboxylic acid groups (broad SMARTS) is 1. The van der Waals surface area contributed by atoms with Crippen molar-refractivity contribution in [1.82, 2.24) is 20.5 Å². The van der Waals surface area contributed by atoms with E-state index in [0.29, 0.717) is 0 Å². The molecule has 1 unspecified atom stereocenters. The highest BCUT2D eigenvalue weighted by atomic mass is 32.2. The van der Waals surface area contributed by atoms with Gasteiger partial charge in [-0.2, -0.15) is 0 Å². The van der Waals surface area contributed by atoms with E-state index in [4.69, 9.17) is 16.2 Å². The first kappa shape index (κ1) is 22.4. The highest BCUT2D eigenvalue weighted by Gasteiger charge is 2.54. The van der Waals surface area contributed by atoms with Crippen molar-refractivity contribution in [2.24, 2.45) is 5.73 Å². The van der Waals surface area contributed by atoms with Crippen LogP contribution in [0.3, 0.4) is 0 Å². The predicted molar refractivity (Wildman–Crippen MR) is 108 cm³/mol. The van der Waals surface area contributed by atoms with E-state index in [2.05, 4.69) is 15.6 Å². The van der Waals surface area contributed by atoms with Crippen LogP contribution in [0, 0.1) is 0 Å². The molecule has 0 aromatic carbocycles. The third-order valence-corrected chi connectivity index (χ3v) is 6.41. The SMILES string of the molecule is CC(=O)OCC1=C(C(=O)O)N2C(=O)[C@H](NC(=O)C(NC(N)=O)c3csc(N)n3)[C@@H]2SC1. The predicted octanol–water partition coefficient (Wildman–Crippen LogP) is -1.26. The number of ether oxygens (including phenoxy) is 1. The van der Waals surface area contributed by atoms with Crippen LogP contribution < -0.4 is 22.1 Å². The lowest BCUT2D eigenvalue weighted by Gasteiger charge is -2.49. The van der Waals surface area contributed by atoms with E-state index < -0.39 is 47.2 Å². The molecule has 1 aromatic rings. The number of nitrogen functional groups attached to an aromatic ring is 1. The molecule has 0 bridgehead atoms. The Kier molecular flexibility index (Phi) is 6.35. The number of carboxylic acids is 1. The van der Waals surface area contributed by atoms with Crippen molar-refractivity contribution in [2.45, 2.75) is 24.4 Å². The summed E-state index contributed by atoms with van der Waals surface area (Å²) in [5.74, 6) is -3.16. The average Bonchev–Trinajstić information content (AvgIpc) is 3.13. The molecule has 3 rings (SSSR count). The van der Waals surface area contributed by atoms with Crippen molar-refractivity contribution in [3.05, 3.63) is 22.3 Å². The van der Waals surface area contributed by atoms with Gasteiger partial charge in [0.05, 0.1) is 5.69 Å².